The molecule has 0 saturated heterocycles. The van der Waals surface area contributed by atoms with Gasteiger partial charge in [0, 0.05) is 37.0 Å². The molecule has 9 heteroatoms. The number of aliphatic hydroxyl groups is 1. The molecule has 0 aliphatic carbocycles. The number of benzene rings is 1. The molecule has 1 aromatic carbocycles. The van der Waals surface area contributed by atoms with Gasteiger partial charge in [-0.3, -0.25) is 9.67 Å². The van der Waals surface area contributed by atoms with E-state index in [0.717, 1.165) is 11.4 Å². The van der Waals surface area contributed by atoms with Crippen molar-refractivity contribution in [3.05, 3.63) is 83.2 Å². The average molecular weight is 425 g/mol. The molecule has 7 nitrogen and oxygen atoms in total. The highest BCUT2D eigenvalue weighted by atomic mass is 35.5. The summed E-state index contributed by atoms with van der Waals surface area (Å²) in [5, 5.41) is 17.2. The van der Waals surface area contributed by atoms with Crippen molar-refractivity contribution in [2.75, 3.05) is 11.9 Å². The Morgan fingerprint density at radius 2 is 1.93 bits per heavy atom. The third-order valence-corrected chi connectivity index (χ3v) is 4.99. The molecule has 0 aliphatic heterocycles. The van der Waals surface area contributed by atoms with Crippen LogP contribution in [0.1, 0.15) is 17.2 Å². The molecule has 4 rings (SSSR count). The van der Waals surface area contributed by atoms with Gasteiger partial charge in [-0.25, -0.2) is 14.4 Å². The third-order valence-electron chi connectivity index (χ3n) is 4.68. The van der Waals surface area contributed by atoms with Gasteiger partial charge in [-0.2, -0.15) is 5.10 Å². The molecule has 4 aromatic rings. The van der Waals surface area contributed by atoms with Crippen LogP contribution in [0.15, 0.2) is 61.1 Å². The monoisotopic (exact) mass is 424 g/mol. The van der Waals surface area contributed by atoms with E-state index in [9.17, 15) is 9.50 Å². The molecule has 0 saturated carbocycles. The predicted octanol–water partition coefficient (Wildman–Crippen LogP) is 3.93. The van der Waals surface area contributed by atoms with Gasteiger partial charge in [0.15, 0.2) is 0 Å². The highest BCUT2D eigenvalue weighted by Gasteiger charge is 2.17. The summed E-state index contributed by atoms with van der Waals surface area (Å²) in [7, 11) is 1.82. The van der Waals surface area contributed by atoms with Gasteiger partial charge in [0.2, 0.25) is 5.95 Å². The Labute approximate surface area is 177 Å². The molecule has 0 bridgehead atoms. The zero-order valence-electron chi connectivity index (χ0n) is 16.0. The van der Waals surface area contributed by atoms with Gasteiger partial charge in [-0.1, -0.05) is 17.7 Å². The number of rotatable bonds is 6. The molecule has 0 fully saturated rings. The molecule has 152 valence electrons. The van der Waals surface area contributed by atoms with Gasteiger partial charge in [0.05, 0.1) is 29.2 Å². The first-order valence-electron chi connectivity index (χ1n) is 9.15. The molecule has 30 heavy (non-hydrogen) atoms. The Bertz CT molecular complexity index is 1180. The van der Waals surface area contributed by atoms with Crippen molar-refractivity contribution in [1.29, 1.82) is 0 Å². The second kappa shape index (κ2) is 8.56. The zero-order valence-corrected chi connectivity index (χ0v) is 16.8. The molecular weight excluding hydrogens is 407 g/mol. The average Bonchev–Trinajstić information content (AvgIpc) is 3.16. The third kappa shape index (κ3) is 4.14. The molecule has 0 spiro atoms. The highest BCUT2D eigenvalue weighted by Crippen LogP contribution is 2.28. The van der Waals surface area contributed by atoms with Crippen LogP contribution in [0.2, 0.25) is 5.02 Å². The van der Waals surface area contributed by atoms with Crippen LogP contribution in [0.3, 0.4) is 0 Å². The van der Waals surface area contributed by atoms with Gasteiger partial charge >= 0.3 is 0 Å². The number of halogens is 2. The summed E-state index contributed by atoms with van der Waals surface area (Å²) in [5.41, 5.74) is 2.66. The largest absolute Gasteiger partial charge is 0.395 e. The summed E-state index contributed by atoms with van der Waals surface area (Å²) in [6.07, 6.45) is 4.96. The number of aliphatic hydroxyl groups excluding tert-OH is 1. The van der Waals surface area contributed by atoms with Crippen molar-refractivity contribution < 1.29 is 9.50 Å². The maximum absolute atomic E-state index is 13.9. The summed E-state index contributed by atoms with van der Waals surface area (Å²) >= 11 is 5.78. The lowest BCUT2D eigenvalue weighted by molar-refractivity contribution is 0.278. The van der Waals surface area contributed by atoms with Crippen molar-refractivity contribution in [2.45, 2.75) is 5.92 Å². The zero-order chi connectivity index (χ0) is 21.1. The minimum absolute atomic E-state index is 0.0339. The number of anilines is 2. The smallest absolute Gasteiger partial charge is 0.228 e. The van der Waals surface area contributed by atoms with Crippen LogP contribution in [0.5, 0.6) is 0 Å². The van der Waals surface area contributed by atoms with E-state index in [1.54, 1.807) is 35.4 Å². The highest BCUT2D eigenvalue weighted by molar-refractivity contribution is 6.30. The van der Waals surface area contributed by atoms with E-state index in [2.05, 4.69) is 25.4 Å². The van der Waals surface area contributed by atoms with Crippen molar-refractivity contribution in [3.63, 3.8) is 0 Å². The molecular formula is C21H18ClFN6O. The fourth-order valence-electron chi connectivity index (χ4n) is 3.09. The van der Waals surface area contributed by atoms with E-state index >= 15 is 0 Å². The quantitative estimate of drug-likeness (QED) is 0.487. The van der Waals surface area contributed by atoms with E-state index < -0.39 is 11.7 Å². The molecule has 3 aromatic heterocycles. The van der Waals surface area contributed by atoms with E-state index in [0.29, 0.717) is 22.9 Å². The fraction of sp³-hybridized carbons (Fsp3) is 0.143. The van der Waals surface area contributed by atoms with Gasteiger partial charge in [-0.05, 0) is 35.9 Å². The topological polar surface area (TPSA) is 88.8 Å². The standard InChI is InChI=1S/C21H18ClFN6O/c1-29-20(6-9-26-29)28-21-25-8-5-18(27-21)14-4-7-24-19(11-14)15(12-30)13-2-3-16(22)17(23)10-13/h2-11,15,30H,12H2,1H3,(H,25,27,28). The predicted molar refractivity (Wildman–Crippen MR) is 112 cm³/mol. The summed E-state index contributed by atoms with van der Waals surface area (Å²) in [5.74, 6) is 0.150. The number of hydrogen-bond acceptors (Lipinski definition) is 6. The summed E-state index contributed by atoms with van der Waals surface area (Å²) in [4.78, 5) is 13.2. The van der Waals surface area contributed by atoms with Crippen LogP contribution in [0.4, 0.5) is 16.2 Å². The lowest BCUT2D eigenvalue weighted by atomic mass is 9.94. The summed E-state index contributed by atoms with van der Waals surface area (Å²) in [6, 6.07) is 11.7. The van der Waals surface area contributed by atoms with Crippen LogP contribution in [-0.4, -0.2) is 36.4 Å². The number of hydrogen-bond donors (Lipinski definition) is 2. The van der Waals surface area contributed by atoms with Gasteiger partial charge < -0.3 is 10.4 Å². The molecule has 0 aliphatic rings. The lowest BCUT2D eigenvalue weighted by Gasteiger charge is -2.15. The number of nitrogens with zero attached hydrogens (tertiary/aromatic N) is 5. The van der Waals surface area contributed by atoms with Crippen LogP contribution in [-0.2, 0) is 7.05 Å². The Balaban J connectivity index is 1.65. The van der Waals surface area contributed by atoms with E-state index in [1.807, 2.05) is 25.2 Å². The fourth-order valence-corrected chi connectivity index (χ4v) is 3.21. The lowest BCUT2D eigenvalue weighted by Crippen LogP contribution is -2.09. The summed E-state index contributed by atoms with van der Waals surface area (Å²) < 4.78 is 15.6. The number of aryl methyl sites for hydroxylation is 1. The van der Waals surface area contributed by atoms with Crippen molar-refractivity contribution >= 4 is 23.4 Å². The number of aromatic nitrogens is 5. The minimum atomic E-state index is -0.537. The minimum Gasteiger partial charge on any atom is -0.395 e. The first-order valence-corrected chi connectivity index (χ1v) is 9.53. The Morgan fingerprint density at radius 1 is 1.10 bits per heavy atom. The molecule has 3 heterocycles. The van der Waals surface area contributed by atoms with Crippen LogP contribution < -0.4 is 5.32 Å². The van der Waals surface area contributed by atoms with Gasteiger partial charge in [0.25, 0.3) is 0 Å². The SMILES string of the molecule is Cn1nccc1Nc1nccc(-c2ccnc(C(CO)c3ccc(Cl)c(F)c3)c2)n1. The Hall–Kier alpha value is -3.36. The number of pyridine rings is 1. The molecule has 1 unspecified atom stereocenters. The van der Waals surface area contributed by atoms with Gasteiger partial charge in [0.1, 0.15) is 11.6 Å². The van der Waals surface area contributed by atoms with Gasteiger partial charge in [-0.15, -0.1) is 0 Å². The van der Waals surface area contributed by atoms with Crippen LogP contribution >= 0.6 is 11.6 Å². The molecule has 1 atom stereocenters. The normalized spacial score (nSPS) is 12.0. The molecule has 0 amide bonds. The second-order valence-corrected chi connectivity index (χ2v) is 7.02. The Kier molecular flexibility index (Phi) is 5.69. The van der Waals surface area contributed by atoms with Crippen molar-refractivity contribution in [2.24, 2.45) is 7.05 Å². The summed E-state index contributed by atoms with van der Waals surface area (Å²) in [6.45, 7) is -0.228. The first kappa shape index (κ1) is 19.9. The van der Waals surface area contributed by atoms with E-state index in [1.165, 1.54) is 12.1 Å². The second-order valence-electron chi connectivity index (χ2n) is 6.61. The van der Waals surface area contributed by atoms with E-state index in [4.69, 9.17) is 11.6 Å². The molecule has 0 radical (unpaired) electrons. The van der Waals surface area contributed by atoms with Crippen LogP contribution in [0, 0.1) is 5.82 Å². The first-order chi connectivity index (χ1) is 14.5. The Morgan fingerprint density at radius 3 is 2.67 bits per heavy atom. The van der Waals surface area contributed by atoms with Crippen molar-refractivity contribution in [3.8, 4) is 11.3 Å². The van der Waals surface area contributed by atoms with E-state index in [-0.39, 0.29) is 11.6 Å². The maximum atomic E-state index is 13.9. The number of nitrogens with one attached hydrogen (secondary N) is 1. The molecule has 2 N–H and O–H groups in total. The van der Waals surface area contributed by atoms with Crippen molar-refractivity contribution in [1.82, 2.24) is 24.7 Å². The maximum Gasteiger partial charge on any atom is 0.228 e. The van der Waals surface area contributed by atoms with Crippen LogP contribution in [0.25, 0.3) is 11.3 Å².